The number of pyridine rings is 1. The van der Waals surface area contributed by atoms with Gasteiger partial charge in [-0.3, -0.25) is 0 Å². The molecule has 3 nitrogen and oxygen atoms in total. The van der Waals surface area contributed by atoms with Crippen LogP contribution in [0, 0.1) is 6.92 Å². The van der Waals surface area contributed by atoms with Gasteiger partial charge >= 0.3 is 0 Å². The van der Waals surface area contributed by atoms with Crippen molar-refractivity contribution >= 4 is 5.82 Å². The van der Waals surface area contributed by atoms with Crippen molar-refractivity contribution in [2.45, 2.75) is 26.4 Å². The van der Waals surface area contributed by atoms with Crippen molar-refractivity contribution in [3.05, 3.63) is 23.9 Å². The molecule has 78 valence electrons. The Morgan fingerprint density at radius 1 is 1.57 bits per heavy atom. The van der Waals surface area contributed by atoms with Gasteiger partial charge in [-0.1, -0.05) is 0 Å². The van der Waals surface area contributed by atoms with Crippen molar-refractivity contribution in [3.63, 3.8) is 0 Å². The van der Waals surface area contributed by atoms with Gasteiger partial charge in [0.1, 0.15) is 5.82 Å². The molecule has 3 heteroatoms. The molecule has 0 aliphatic rings. The molecule has 0 aliphatic carbocycles. The third-order valence-corrected chi connectivity index (χ3v) is 2.17. The van der Waals surface area contributed by atoms with Crippen LogP contribution >= 0.6 is 0 Å². The number of aliphatic hydroxyl groups is 1. The first-order valence-electron chi connectivity index (χ1n) is 4.91. The molecule has 0 saturated heterocycles. The van der Waals surface area contributed by atoms with Gasteiger partial charge in [0, 0.05) is 19.8 Å². The fraction of sp³-hybridized carbons (Fsp3) is 0.545. The quantitative estimate of drug-likeness (QED) is 0.791. The van der Waals surface area contributed by atoms with Gasteiger partial charge in [0.15, 0.2) is 0 Å². The minimum Gasteiger partial charge on any atom is -0.393 e. The van der Waals surface area contributed by atoms with E-state index in [-0.39, 0.29) is 6.10 Å². The zero-order valence-electron chi connectivity index (χ0n) is 9.07. The molecule has 14 heavy (non-hydrogen) atoms. The lowest BCUT2D eigenvalue weighted by Crippen LogP contribution is -2.22. The van der Waals surface area contributed by atoms with Crippen molar-refractivity contribution in [2.75, 3.05) is 18.5 Å². The van der Waals surface area contributed by atoms with E-state index in [9.17, 15) is 0 Å². The predicted molar refractivity (Wildman–Crippen MR) is 58.5 cm³/mol. The van der Waals surface area contributed by atoms with Crippen LogP contribution < -0.4 is 4.90 Å². The van der Waals surface area contributed by atoms with Crippen LogP contribution in [-0.2, 0) is 0 Å². The van der Waals surface area contributed by atoms with E-state index in [0.717, 1.165) is 18.8 Å². The minimum absolute atomic E-state index is 0.248. The van der Waals surface area contributed by atoms with Gasteiger partial charge in [-0.2, -0.15) is 0 Å². The molecule has 0 amide bonds. The van der Waals surface area contributed by atoms with Crippen LogP contribution in [0.25, 0.3) is 0 Å². The standard InChI is InChI=1S/C11H18N2O/c1-9-4-6-12-11(8-9)13(3)7-5-10(2)14/h4,6,8,10,14H,5,7H2,1-3H3. The summed E-state index contributed by atoms with van der Waals surface area (Å²) in [6.07, 6.45) is 2.33. The molecule has 0 aromatic carbocycles. The molecule has 1 heterocycles. The van der Waals surface area contributed by atoms with Gasteiger partial charge in [0.05, 0.1) is 6.10 Å². The molecular formula is C11H18N2O. The van der Waals surface area contributed by atoms with Crippen molar-refractivity contribution in [2.24, 2.45) is 0 Å². The average molecular weight is 194 g/mol. The first kappa shape index (κ1) is 11.0. The Balaban J connectivity index is 2.56. The summed E-state index contributed by atoms with van der Waals surface area (Å²) >= 11 is 0. The fourth-order valence-electron chi connectivity index (χ4n) is 1.22. The van der Waals surface area contributed by atoms with Crippen molar-refractivity contribution in [3.8, 4) is 0 Å². The fourth-order valence-corrected chi connectivity index (χ4v) is 1.22. The van der Waals surface area contributed by atoms with E-state index in [1.165, 1.54) is 5.56 Å². The van der Waals surface area contributed by atoms with Crippen LogP contribution in [0.2, 0.25) is 0 Å². The Morgan fingerprint density at radius 2 is 2.29 bits per heavy atom. The van der Waals surface area contributed by atoms with E-state index in [2.05, 4.69) is 9.88 Å². The first-order chi connectivity index (χ1) is 6.59. The van der Waals surface area contributed by atoms with Gasteiger partial charge in [-0.15, -0.1) is 0 Å². The normalized spacial score (nSPS) is 12.6. The third-order valence-electron chi connectivity index (χ3n) is 2.17. The van der Waals surface area contributed by atoms with Gasteiger partial charge < -0.3 is 10.0 Å². The predicted octanol–water partition coefficient (Wildman–Crippen LogP) is 1.60. The molecule has 0 bridgehead atoms. The van der Waals surface area contributed by atoms with E-state index in [0.29, 0.717) is 0 Å². The number of hydrogen-bond acceptors (Lipinski definition) is 3. The van der Waals surface area contributed by atoms with E-state index in [1.807, 2.05) is 32.3 Å². The average Bonchev–Trinajstić information content (AvgIpc) is 2.14. The lowest BCUT2D eigenvalue weighted by molar-refractivity contribution is 0.187. The summed E-state index contributed by atoms with van der Waals surface area (Å²) in [6, 6.07) is 4.02. The minimum atomic E-state index is -0.248. The Labute approximate surface area is 85.4 Å². The SMILES string of the molecule is Cc1ccnc(N(C)CCC(C)O)c1. The summed E-state index contributed by atoms with van der Waals surface area (Å²) < 4.78 is 0. The van der Waals surface area contributed by atoms with Gasteiger partial charge in [0.2, 0.25) is 0 Å². The summed E-state index contributed by atoms with van der Waals surface area (Å²) in [5.41, 5.74) is 1.21. The zero-order chi connectivity index (χ0) is 10.6. The number of aromatic nitrogens is 1. The van der Waals surface area contributed by atoms with E-state index >= 15 is 0 Å². The number of rotatable bonds is 4. The molecule has 0 saturated carbocycles. The van der Waals surface area contributed by atoms with Gasteiger partial charge in [0.25, 0.3) is 0 Å². The molecule has 0 aliphatic heterocycles. The summed E-state index contributed by atoms with van der Waals surface area (Å²) in [5.74, 6) is 0.964. The highest BCUT2D eigenvalue weighted by atomic mass is 16.3. The maximum Gasteiger partial charge on any atom is 0.128 e. The van der Waals surface area contributed by atoms with Crippen LogP contribution in [0.15, 0.2) is 18.3 Å². The van der Waals surface area contributed by atoms with Crippen molar-refractivity contribution in [1.82, 2.24) is 4.98 Å². The highest BCUT2D eigenvalue weighted by molar-refractivity contribution is 5.39. The molecule has 1 N–H and O–H groups in total. The number of aryl methyl sites for hydroxylation is 1. The first-order valence-corrected chi connectivity index (χ1v) is 4.91. The Bertz CT molecular complexity index is 286. The van der Waals surface area contributed by atoms with Crippen LogP contribution in [0.4, 0.5) is 5.82 Å². The lowest BCUT2D eigenvalue weighted by Gasteiger charge is -2.19. The van der Waals surface area contributed by atoms with E-state index in [4.69, 9.17) is 5.11 Å². The molecule has 1 unspecified atom stereocenters. The van der Waals surface area contributed by atoms with Crippen LogP contribution in [0.1, 0.15) is 18.9 Å². The summed E-state index contributed by atoms with van der Waals surface area (Å²) in [5, 5.41) is 9.16. The second kappa shape index (κ2) is 4.96. The van der Waals surface area contributed by atoms with Crippen LogP contribution in [-0.4, -0.2) is 29.8 Å². The van der Waals surface area contributed by atoms with Crippen LogP contribution in [0.3, 0.4) is 0 Å². The van der Waals surface area contributed by atoms with Crippen molar-refractivity contribution < 1.29 is 5.11 Å². The molecule has 0 fully saturated rings. The molecule has 1 aromatic heterocycles. The molecule has 1 atom stereocenters. The second-order valence-electron chi connectivity index (χ2n) is 3.75. The number of hydrogen-bond donors (Lipinski definition) is 1. The van der Waals surface area contributed by atoms with Crippen molar-refractivity contribution in [1.29, 1.82) is 0 Å². The number of anilines is 1. The van der Waals surface area contributed by atoms with Gasteiger partial charge in [-0.25, -0.2) is 4.98 Å². The maximum absolute atomic E-state index is 9.16. The summed E-state index contributed by atoms with van der Waals surface area (Å²) in [4.78, 5) is 6.32. The number of aliphatic hydroxyl groups excluding tert-OH is 1. The second-order valence-corrected chi connectivity index (χ2v) is 3.75. The zero-order valence-corrected chi connectivity index (χ0v) is 9.07. The van der Waals surface area contributed by atoms with Crippen LogP contribution in [0.5, 0.6) is 0 Å². The topological polar surface area (TPSA) is 36.4 Å². The highest BCUT2D eigenvalue weighted by Gasteiger charge is 2.03. The molecule has 0 spiro atoms. The molecule has 1 rings (SSSR count). The summed E-state index contributed by atoms with van der Waals surface area (Å²) in [6.45, 7) is 4.68. The molecular weight excluding hydrogens is 176 g/mol. The Hall–Kier alpha value is -1.09. The Morgan fingerprint density at radius 3 is 2.86 bits per heavy atom. The third kappa shape index (κ3) is 3.34. The molecule has 1 aromatic rings. The summed E-state index contributed by atoms with van der Waals surface area (Å²) in [7, 11) is 1.99. The van der Waals surface area contributed by atoms with Gasteiger partial charge in [-0.05, 0) is 38.0 Å². The lowest BCUT2D eigenvalue weighted by atomic mass is 10.2. The monoisotopic (exact) mass is 194 g/mol. The molecule has 0 radical (unpaired) electrons. The smallest absolute Gasteiger partial charge is 0.128 e. The largest absolute Gasteiger partial charge is 0.393 e. The van der Waals surface area contributed by atoms with E-state index < -0.39 is 0 Å². The Kier molecular flexibility index (Phi) is 3.89. The number of nitrogens with zero attached hydrogens (tertiary/aromatic N) is 2. The van der Waals surface area contributed by atoms with E-state index in [1.54, 1.807) is 6.92 Å². The highest BCUT2D eigenvalue weighted by Crippen LogP contribution is 2.10. The maximum atomic E-state index is 9.16.